The molecule has 0 heterocycles. The summed E-state index contributed by atoms with van der Waals surface area (Å²) in [5.74, 6) is 0. The van der Waals surface area contributed by atoms with Gasteiger partial charge in [0, 0.05) is 19.3 Å². The molecule has 84 valence electrons. The second-order valence-electron chi connectivity index (χ2n) is 4.25. The van der Waals surface area contributed by atoms with E-state index in [1.807, 2.05) is 0 Å². The van der Waals surface area contributed by atoms with Gasteiger partial charge in [0.15, 0.2) is 0 Å². The van der Waals surface area contributed by atoms with Crippen molar-refractivity contribution in [1.29, 1.82) is 0 Å². The number of rotatable bonds is 10. The minimum atomic E-state index is 0.862. The smallest absolute Gasteiger partial charge is 0.0466 e. The maximum absolute atomic E-state index is 5.53. The summed E-state index contributed by atoms with van der Waals surface area (Å²) in [5, 5.41) is 3.51. The first-order valence-corrected chi connectivity index (χ1v) is 6.24. The van der Waals surface area contributed by atoms with Crippen LogP contribution in [0.25, 0.3) is 0 Å². The molecule has 1 aliphatic carbocycles. The minimum absolute atomic E-state index is 0.862. The molecule has 1 saturated carbocycles. The molecular weight excluding hydrogens is 174 g/mol. The molecule has 0 atom stereocenters. The Bertz CT molecular complexity index is 123. The third-order valence-electron chi connectivity index (χ3n) is 2.62. The summed E-state index contributed by atoms with van der Waals surface area (Å²) in [6.45, 7) is 5.33. The Hall–Kier alpha value is -0.0800. The number of unbranched alkanes of at least 4 members (excludes halogenated alkanes) is 3. The van der Waals surface area contributed by atoms with Gasteiger partial charge in [0.25, 0.3) is 0 Å². The van der Waals surface area contributed by atoms with E-state index in [0.717, 1.165) is 19.3 Å². The van der Waals surface area contributed by atoms with Crippen LogP contribution in [0.2, 0.25) is 0 Å². The molecule has 0 unspecified atom stereocenters. The molecule has 0 aromatic rings. The zero-order valence-electron chi connectivity index (χ0n) is 9.56. The molecule has 0 aromatic heterocycles. The van der Waals surface area contributed by atoms with Crippen LogP contribution >= 0.6 is 0 Å². The van der Waals surface area contributed by atoms with Crippen LogP contribution in [0.4, 0.5) is 0 Å². The lowest BCUT2D eigenvalue weighted by Gasteiger charge is -2.04. The zero-order valence-corrected chi connectivity index (χ0v) is 9.56. The maximum atomic E-state index is 5.53. The molecule has 2 heteroatoms. The summed E-state index contributed by atoms with van der Waals surface area (Å²) in [7, 11) is 0. The predicted octanol–water partition coefficient (Wildman–Crippen LogP) is 2.73. The molecule has 1 aliphatic rings. The molecule has 1 N–H and O–H groups in total. The number of hydrogen-bond acceptors (Lipinski definition) is 2. The average molecular weight is 199 g/mol. The second kappa shape index (κ2) is 8.25. The lowest BCUT2D eigenvalue weighted by Crippen LogP contribution is -2.17. The van der Waals surface area contributed by atoms with Gasteiger partial charge < -0.3 is 10.1 Å². The fraction of sp³-hybridized carbons (Fsp3) is 1.00. The van der Waals surface area contributed by atoms with E-state index >= 15 is 0 Å². The molecule has 2 nitrogen and oxygen atoms in total. The van der Waals surface area contributed by atoms with Gasteiger partial charge in [-0.15, -0.1) is 0 Å². The fourth-order valence-electron chi connectivity index (χ4n) is 1.48. The summed E-state index contributed by atoms with van der Waals surface area (Å²) >= 11 is 0. The molecule has 0 saturated heterocycles. The minimum Gasteiger partial charge on any atom is -0.381 e. The van der Waals surface area contributed by atoms with E-state index in [1.165, 1.54) is 51.5 Å². The van der Waals surface area contributed by atoms with Gasteiger partial charge in [-0.25, -0.2) is 0 Å². The van der Waals surface area contributed by atoms with E-state index < -0.39 is 0 Å². The molecule has 14 heavy (non-hydrogen) atoms. The first-order chi connectivity index (χ1) is 6.93. The lowest BCUT2D eigenvalue weighted by molar-refractivity contribution is 0.126. The van der Waals surface area contributed by atoms with Crippen LogP contribution < -0.4 is 5.32 Å². The zero-order chi connectivity index (χ0) is 10.1. The molecular formula is C12H25NO. The monoisotopic (exact) mass is 199 g/mol. The van der Waals surface area contributed by atoms with E-state index in [4.69, 9.17) is 4.74 Å². The van der Waals surface area contributed by atoms with Gasteiger partial charge in [0.1, 0.15) is 0 Å². The van der Waals surface area contributed by atoms with Crippen LogP contribution in [-0.4, -0.2) is 25.8 Å². The highest BCUT2D eigenvalue weighted by molar-refractivity contribution is 4.80. The van der Waals surface area contributed by atoms with Crippen molar-refractivity contribution in [1.82, 2.24) is 5.32 Å². The summed E-state index contributed by atoms with van der Waals surface area (Å²) in [5.41, 5.74) is 0. The Kier molecular flexibility index (Phi) is 7.06. The van der Waals surface area contributed by atoms with Gasteiger partial charge in [-0.3, -0.25) is 0 Å². The summed E-state index contributed by atoms with van der Waals surface area (Å²) in [6.07, 6.45) is 9.10. The van der Waals surface area contributed by atoms with E-state index in [1.54, 1.807) is 0 Å². The molecule has 1 fully saturated rings. The Morgan fingerprint density at radius 2 is 1.79 bits per heavy atom. The summed E-state index contributed by atoms with van der Waals surface area (Å²) in [6, 6.07) is 0.862. The van der Waals surface area contributed by atoms with Crippen molar-refractivity contribution in [3.8, 4) is 0 Å². The third-order valence-corrected chi connectivity index (χ3v) is 2.62. The Labute approximate surface area is 88.4 Å². The van der Waals surface area contributed by atoms with E-state index in [9.17, 15) is 0 Å². The van der Waals surface area contributed by atoms with Crippen molar-refractivity contribution in [2.24, 2.45) is 0 Å². The largest absolute Gasteiger partial charge is 0.381 e. The quantitative estimate of drug-likeness (QED) is 0.546. The van der Waals surface area contributed by atoms with Crippen molar-refractivity contribution >= 4 is 0 Å². The van der Waals surface area contributed by atoms with Crippen LogP contribution in [0.5, 0.6) is 0 Å². The summed E-state index contributed by atoms with van der Waals surface area (Å²) in [4.78, 5) is 0. The van der Waals surface area contributed by atoms with Crippen LogP contribution in [-0.2, 0) is 4.74 Å². The molecule has 0 aromatic carbocycles. The van der Waals surface area contributed by atoms with Crippen molar-refractivity contribution in [3.63, 3.8) is 0 Å². The number of hydrogen-bond donors (Lipinski definition) is 1. The average Bonchev–Trinajstić information content (AvgIpc) is 2.99. The predicted molar refractivity (Wildman–Crippen MR) is 60.6 cm³/mol. The molecule has 0 aliphatic heterocycles. The highest BCUT2D eigenvalue weighted by atomic mass is 16.5. The Balaban J connectivity index is 1.63. The second-order valence-corrected chi connectivity index (χ2v) is 4.25. The van der Waals surface area contributed by atoms with Gasteiger partial charge in [-0.05, 0) is 38.6 Å². The highest BCUT2D eigenvalue weighted by Crippen LogP contribution is 2.18. The van der Waals surface area contributed by atoms with Crippen molar-refractivity contribution < 1.29 is 4.74 Å². The SMILES string of the molecule is CCCCCOCCCCNC1CC1. The number of ether oxygens (including phenoxy) is 1. The molecule has 0 spiro atoms. The molecule has 0 radical (unpaired) electrons. The highest BCUT2D eigenvalue weighted by Gasteiger charge is 2.19. The molecule has 0 bridgehead atoms. The fourth-order valence-corrected chi connectivity index (χ4v) is 1.48. The topological polar surface area (TPSA) is 21.3 Å². The first-order valence-electron chi connectivity index (χ1n) is 6.24. The standard InChI is InChI=1S/C12H25NO/c1-2-3-5-10-14-11-6-4-9-13-12-7-8-12/h12-13H,2-11H2,1H3. The lowest BCUT2D eigenvalue weighted by atomic mass is 10.3. The van der Waals surface area contributed by atoms with E-state index in [0.29, 0.717) is 0 Å². The van der Waals surface area contributed by atoms with Crippen molar-refractivity contribution in [2.75, 3.05) is 19.8 Å². The van der Waals surface area contributed by atoms with Crippen molar-refractivity contribution in [2.45, 2.75) is 57.9 Å². The van der Waals surface area contributed by atoms with Gasteiger partial charge in [0.05, 0.1) is 0 Å². The molecule has 0 amide bonds. The molecule has 1 rings (SSSR count). The van der Waals surface area contributed by atoms with Crippen LogP contribution in [0.3, 0.4) is 0 Å². The van der Waals surface area contributed by atoms with Crippen LogP contribution in [0.15, 0.2) is 0 Å². The van der Waals surface area contributed by atoms with Crippen LogP contribution in [0, 0.1) is 0 Å². The normalized spacial score (nSPS) is 16.1. The van der Waals surface area contributed by atoms with E-state index in [2.05, 4.69) is 12.2 Å². The van der Waals surface area contributed by atoms with Gasteiger partial charge in [-0.2, -0.15) is 0 Å². The maximum Gasteiger partial charge on any atom is 0.0466 e. The van der Waals surface area contributed by atoms with Gasteiger partial charge in [-0.1, -0.05) is 19.8 Å². The Morgan fingerprint density at radius 3 is 2.43 bits per heavy atom. The van der Waals surface area contributed by atoms with Crippen molar-refractivity contribution in [3.05, 3.63) is 0 Å². The summed E-state index contributed by atoms with van der Waals surface area (Å²) < 4.78 is 5.53. The Morgan fingerprint density at radius 1 is 1.07 bits per heavy atom. The van der Waals surface area contributed by atoms with Gasteiger partial charge >= 0.3 is 0 Å². The van der Waals surface area contributed by atoms with E-state index in [-0.39, 0.29) is 0 Å². The van der Waals surface area contributed by atoms with Gasteiger partial charge in [0.2, 0.25) is 0 Å². The van der Waals surface area contributed by atoms with Crippen LogP contribution in [0.1, 0.15) is 51.9 Å². The first kappa shape index (κ1) is 12.0. The third kappa shape index (κ3) is 7.34. The number of nitrogens with one attached hydrogen (secondary N) is 1.